The number of carbonyl (C=O) groups is 1. The Balaban J connectivity index is 1.88. The summed E-state index contributed by atoms with van der Waals surface area (Å²) in [6.07, 6.45) is 7.19. The molecule has 3 rings (SSSR count). The third-order valence-corrected chi connectivity index (χ3v) is 7.18. The average Bonchev–Trinajstić information content (AvgIpc) is 2.92. The first-order valence-corrected chi connectivity index (χ1v) is 10.8. The van der Waals surface area contributed by atoms with Gasteiger partial charge in [0.15, 0.2) is 0 Å². The van der Waals surface area contributed by atoms with Crippen LogP contribution in [0, 0.1) is 6.92 Å². The number of piperidine rings is 1. The van der Waals surface area contributed by atoms with Crippen LogP contribution in [0.4, 0.5) is 0 Å². The number of benzene rings is 1. The molecule has 2 aliphatic heterocycles. The molecule has 2 saturated heterocycles. The van der Waals surface area contributed by atoms with Crippen LogP contribution >= 0.6 is 0 Å². The van der Waals surface area contributed by atoms with Crippen molar-refractivity contribution in [1.82, 2.24) is 9.21 Å². The maximum absolute atomic E-state index is 13.0. The Morgan fingerprint density at radius 3 is 2.08 bits per heavy atom. The van der Waals surface area contributed by atoms with E-state index in [1.165, 1.54) is 0 Å². The van der Waals surface area contributed by atoms with Gasteiger partial charge in [-0.3, -0.25) is 4.79 Å². The third kappa shape index (κ3) is 4.06. The van der Waals surface area contributed by atoms with E-state index in [-0.39, 0.29) is 10.8 Å². The van der Waals surface area contributed by atoms with Gasteiger partial charge in [-0.2, -0.15) is 4.31 Å². The molecule has 138 valence electrons. The molecule has 25 heavy (non-hydrogen) atoms. The SMILES string of the molecule is Cc1ccc(S(=O)(=O)N2CCCCCC2)cc1C(=O)N1CCCCC1. The summed E-state index contributed by atoms with van der Waals surface area (Å²) in [7, 11) is -3.53. The summed E-state index contributed by atoms with van der Waals surface area (Å²) in [5.41, 5.74) is 1.36. The van der Waals surface area contributed by atoms with Crippen molar-refractivity contribution in [2.75, 3.05) is 26.2 Å². The van der Waals surface area contributed by atoms with Gasteiger partial charge in [-0.15, -0.1) is 0 Å². The fraction of sp³-hybridized carbons (Fsp3) is 0.632. The first-order chi connectivity index (χ1) is 12.0. The van der Waals surface area contributed by atoms with Gasteiger partial charge in [0.25, 0.3) is 5.91 Å². The zero-order valence-electron chi connectivity index (χ0n) is 15.0. The van der Waals surface area contributed by atoms with Crippen LogP contribution in [-0.4, -0.2) is 49.7 Å². The molecular weight excluding hydrogens is 336 g/mol. The number of aryl methyl sites for hydroxylation is 1. The second-order valence-corrected chi connectivity index (χ2v) is 9.09. The van der Waals surface area contributed by atoms with Gasteiger partial charge in [0.1, 0.15) is 0 Å². The van der Waals surface area contributed by atoms with Gasteiger partial charge in [0.05, 0.1) is 4.90 Å². The molecule has 1 aromatic rings. The minimum Gasteiger partial charge on any atom is -0.339 e. The Kier molecular flexibility index (Phi) is 5.79. The van der Waals surface area contributed by atoms with Crippen molar-refractivity contribution in [2.45, 2.75) is 56.8 Å². The quantitative estimate of drug-likeness (QED) is 0.828. The molecule has 0 atom stereocenters. The summed E-state index contributed by atoms with van der Waals surface area (Å²) in [6, 6.07) is 5.00. The molecule has 0 aliphatic carbocycles. The first-order valence-electron chi connectivity index (χ1n) is 9.40. The van der Waals surface area contributed by atoms with E-state index in [1.807, 2.05) is 11.8 Å². The van der Waals surface area contributed by atoms with Crippen molar-refractivity contribution < 1.29 is 13.2 Å². The van der Waals surface area contributed by atoms with Gasteiger partial charge in [0.2, 0.25) is 10.0 Å². The number of rotatable bonds is 3. The van der Waals surface area contributed by atoms with Crippen LogP contribution < -0.4 is 0 Å². The number of nitrogens with zero attached hydrogens (tertiary/aromatic N) is 2. The van der Waals surface area contributed by atoms with E-state index in [4.69, 9.17) is 0 Å². The number of sulfonamides is 1. The molecule has 1 aromatic carbocycles. The topological polar surface area (TPSA) is 57.7 Å². The van der Waals surface area contributed by atoms with E-state index in [0.717, 1.165) is 63.6 Å². The molecule has 1 amide bonds. The maximum Gasteiger partial charge on any atom is 0.254 e. The molecule has 2 fully saturated rings. The molecule has 2 heterocycles. The Bertz CT molecular complexity index is 716. The van der Waals surface area contributed by atoms with Gasteiger partial charge < -0.3 is 4.90 Å². The Labute approximate surface area is 151 Å². The highest BCUT2D eigenvalue weighted by molar-refractivity contribution is 7.89. The van der Waals surface area contributed by atoms with Gasteiger partial charge >= 0.3 is 0 Å². The molecule has 0 radical (unpaired) electrons. The molecule has 0 bridgehead atoms. The van der Waals surface area contributed by atoms with Gasteiger partial charge in [0, 0.05) is 31.7 Å². The Morgan fingerprint density at radius 2 is 1.44 bits per heavy atom. The van der Waals surface area contributed by atoms with Crippen molar-refractivity contribution >= 4 is 15.9 Å². The number of carbonyl (C=O) groups excluding carboxylic acids is 1. The highest BCUT2D eigenvalue weighted by atomic mass is 32.2. The molecule has 0 aromatic heterocycles. The number of hydrogen-bond acceptors (Lipinski definition) is 3. The molecule has 6 heteroatoms. The minimum atomic E-state index is -3.53. The van der Waals surface area contributed by atoms with E-state index in [1.54, 1.807) is 22.5 Å². The molecular formula is C19H28N2O3S. The highest BCUT2D eigenvalue weighted by Gasteiger charge is 2.27. The lowest BCUT2D eigenvalue weighted by Gasteiger charge is -2.27. The van der Waals surface area contributed by atoms with E-state index in [0.29, 0.717) is 18.7 Å². The van der Waals surface area contributed by atoms with Crippen LogP contribution in [0.5, 0.6) is 0 Å². The summed E-state index contributed by atoms with van der Waals surface area (Å²) >= 11 is 0. The average molecular weight is 365 g/mol. The normalized spacial score (nSPS) is 20.3. The van der Waals surface area contributed by atoms with Crippen molar-refractivity contribution in [1.29, 1.82) is 0 Å². The largest absolute Gasteiger partial charge is 0.339 e. The predicted octanol–water partition coefficient (Wildman–Crippen LogP) is 3.19. The van der Waals surface area contributed by atoms with Crippen LogP contribution in [0.2, 0.25) is 0 Å². The van der Waals surface area contributed by atoms with Crippen LogP contribution in [0.1, 0.15) is 60.9 Å². The van der Waals surface area contributed by atoms with Crippen LogP contribution in [0.3, 0.4) is 0 Å². The lowest BCUT2D eigenvalue weighted by molar-refractivity contribution is 0.0723. The Hall–Kier alpha value is -1.40. The van der Waals surface area contributed by atoms with Crippen molar-refractivity contribution in [3.8, 4) is 0 Å². The lowest BCUT2D eigenvalue weighted by Crippen LogP contribution is -2.36. The molecule has 0 saturated carbocycles. The zero-order valence-corrected chi connectivity index (χ0v) is 15.9. The molecule has 5 nitrogen and oxygen atoms in total. The van der Waals surface area contributed by atoms with Crippen molar-refractivity contribution in [3.63, 3.8) is 0 Å². The monoisotopic (exact) mass is 364 g/mol. The summed E-state index contributed by atoms with van der Waals surface area (Å²) in [5, 5.41) is 0. The number of hydrogen-bond donors (Lipinski definition) is 0. The van der Waals surface area contributed by atoms with Crippen molar-refractivity contribution in [2.24, 2.45) is 0 Å². The minimum absolute atomic E-state index is 0.0369. The molecule has 0 unspecified atom stereocenters. The Morgan fingerprint density at radius 1 is 0.880 bits per heavy atom. The van der Waals surface area contributed by atoms with Crippen LogP contribution in [0.15, 0.2) is 23.1 Å². The van der Waals surface area contributed by atoms with Crippen molar-refractivity contribution in [3.05, 3.63) is 29.3 Å². The fourth-order valence-electron chi connectivity index (χ4n) is 3.69. The van der Waals surface area contributed by atoms with Crippen LogP contribution in [0.25, 0.3) is 0 Å². The predicted molar refractivity (Wildman–Crippen MR) is 98.2 cm³/mol. The summed E-state index contributed by atoms with van der Waals surface area (Å²) in [4.78, 5) is 15.0. The smallest absolute Gasteiger partial charge is 0.254 e. The van der Waals surface area contributed by atoms with Gasteiger partial charge in [-0.05, 0) is 56.7 Å². The lowest BCUT2D eigenvalue weighted by atomic mass is 10.1. The standard InChI is InChI=1S/C19H28N2O3S/c1-16-9-10-17(25(23,24)21-13-7-2-3-8-14-21)15-18(16)19(22)20-11-5-4-6-12-20/h9-10,15H,2-8,11-14H2,1H3. The molecule has 0 N–H and O–H groups in total. The van der Waals surface area contributed by atoms with Gasteiger partial charge in [-0.1, -0.05) is 18.9 Å². The van der Waals surface area contributed by atoms with E-state index >= 15 is 0 Å². The summed E-state index contributed by atoms with van der Waals surface area (Å²) in [5.74, 6) is -0.0369. The van der Waals surface area contributed by atoms with Crippen LogP contribution in [-0.2, 0) is 10.0 Å². The summed E-state index contributed by atoms with van der Waals surface area (Å²) in [6.45, 7) is 4.56. The zero-order chi connectivity index (χ0) is 17.9. The van der Waals surface area contributed by atoms with E-state index in [9.17, 15) is 13.2 Å². The number of amides is 1. The van der Waals surface area contributed by atoms with E-state index < -0.39 is 10.0 Å². The summed E-state index contributed by atoms with van der Waals surface area (Å²) < 4.78 is 27.6. The first kappa shape index (κ1) is 18.4. The third-order valence-electron chi connectivity index (χ3n) is 5.29. The maximum atomic E-state index is 13.0. The van der Waals surface area contributed by atoms with E-state index in [2.05, 4.69) is 0 Å². The molecule has 2 aliphatic rings. The van der Waals surface area contributed by atoms with Gasteiger partial charge in [-0.25, -0.2) is 8.42 Å². The second-order valence-electron chi connectivity index (χ2n) is 7.15. The highest BCUT2D eigenvalue weighted by Crippen LogP contribution is 2.24. The molecule has 0 spiro atoms. The fourth-order valence-corrected chi connectivity index (χ4v) is 5.23. The number of likely N-dealkylation sites (tertiary alicyclic amines) is 1. The second kappa shape index (κ2) is 7.87.